The lowest BCUT2D eigenvalue weighted by Gasteiger charge is -2.27. The summed E-state index contributed by atoms with van der Waals surface area (Å²) in [5, 5.41) is 0. The Morgan fingerprint density at radius 2 is 1.57 bits per heavy atom. The number of unbranched alkanes of at least 4 members (excludes halogenated alkanes) is 1. The molecule has 28 heavy (non-hydrogen) atoms. The SMILES string of the molecule is COCCCC=CC1CCC(c2ccc(-c3cc(F)c(F)c(F)c3)cc2)CC1. The van der Waals surface area contributed by atoms with Crippen LogP contribution in [-0.2, 0) is 4.74 Å². The Bertz CT molecular complexity index is 767. The molecule has 0 aliphatic heterocycles. The second-order valence-corrected chi connectivity index (χ2v) is 7.55. The number of allylic oxidation sites excluding steroid dienone is 2. The average molecular weight is 388 g/mol. The normalized spacial score (nSPS) is 20.0. The molecule has 0 unspecified atom stereocenters. The molecule has 0 N–H and O–H groups in total. The van der Waals surface area contributed by atoms with E-state index in [9.17, 15) is 13.2 Å². The Morgan fingerprint density at radius 3 is 2.18 bits per heavy atom. The fraction of sp³-hybridized carbons (Fsp3) is 0.417. The molecule has 2 aromatic rings. The van der Waals surface area contributed by atoms with Gasteiger partial charge in [-0.05, 0) is 79.2 Å². The Morgan fingerprint density at radius 1 is 0.929 bits per heavy atom. The van der Waals surface area contributed by atoms with Crippen molar-refractivity contribution in [1.82, 2.24) is 0 Å². The lowest BCUT2D eigenvalue weighted by molar-refractivity contribution is 0.195. The van der Waals surface area contributed by atoms with Gasteiger partial charge >= 0.3 is 0 Å². The molecule has 0 bridgehead atoms. The maximum atomic E-state index is 13.5. The second kappa shape index (κ2) is 9.92. The maximum Gasteiger partial charge on any atom is 0.194 e. The highest BCUT2D eigenvalue weighted by Crippen LogP contribution is 2.37. The Kier molecular flexibility index (Phi) is 7.32. The highest BCUT2D eigenvalue weighted by atomic mass is 19.2. The minimum atomic E-state index is -1.43. The third-order valence-electron chi connectivity index (χ3n) is 5.60. The van der Waals surface area contributed by atoms with Crippen LogP contribution in [0.3, 0.4) is 0 Å². The van der Waals surface area contributed by atoms with Crippen molar-refractivity contribution in [3.8, 4) is 11.1 Å². The molecular weight excluding hydrogens is 361 g/mol. The van der Waals surface area contributed by atoms with Crippen molar-refractivity contribution in [2.24, 2.45) is 5.92 Å². The molecule has 1 saturated carbocycles. The fourth-order valence-electron chi connectivity index (χ4n) is 3.95. The summed E-state index contributed by atoms with van der Waals surface area (Å²) in [6, 6.07) is 9.86. The molecule has 0 spiro atoms. The minimum Gasteiger partial charge on any atom is -0.385 e. The quantitative estimate of drug-likeness (QED) is 0.281. The Balaban J connectivity index is 1.56. The van der Waals surface area contributed by atoms with E-state index in [4.69, 9.17) is 4.74 Å². The van der Waals surface area contributed by atoms with Crippen molar-refractivity contribution < 1.29 is 17.9 Å². The Hall–Kier alpha value is -2.07. The smallest absolute Gasteiger partial charge is 0.194 e. The van der Waals surface area contributed by atoms with Gasteiger partial charge < -0.3 is 4.74 Å². The zero-order valence-electron chi connectivity index (χ0n) is 16.3. The summed E-state index contributed by atoms with van der Waals surface area (Å²) in [7, 11) is 1.73. The summed E-state index contributed by atoms with van der Waals surface area (Å²) in [6.07, 6.45) is 11.4. The number of benzene rings is 2. The van der Waals surface area contributed by atoms with Crippen LogP contribution in [0.15, 0.2) is 48.6 Å². The highest BCUT2D eigenvalue weighted by Gasteiger charge is 2.21. The van der Waals surface area contributed by atoms with E-state index in [2.05, 4.69) is 12.2 Å². The van der Waals surface area contributed by atoms with Crippen molar-refractivity contribution in [3.63, 3.8) is 0 Å². The molecule has 2 aromatic carbocycles. The van der Waals surface area contributed by atoms with E-state index in [0.29, 0.717) is 23.0 Å². The van der Waals surface area contributed by atoms with E-state index in [-0.39, 0.29) is 0 Å². The standard InChI is InChI=1S/C24H27F3O/c1-28-14-4-2-3-5-17-6-8-18(9-7-17)19-10-12-20(13-11-19)21-15-22(25)24(27)23(26)16-21/h3,5,10-13,15-18H,2,4,6-9,14H2,1H3. The monoisotopic (exact) mass is 388 g/mol. The second-order valence-electron chi connectivity index (χ2n) is 7.55. The Labute approximate surface area is 165 Å². The van der Waals surface area contributed by atoms with E-state index in [1.54, 1.807) is 7.11 Å². The number of ether oxygens (including phenoxy) is 1. The van der Waals surface area contributed by atoms with Gasteiger partial charge in [0, 0.05) is 13.7 Å². The van der Waals surface area contributed by atoms with Crippen LogP contribution in [0.25, 0.3) is 11.1 Å². The largest absolute Gasteiger partial charge is 0.385 e. The summed E-state index contributed by atoms with van der Waals surface area (Å²) < 4.78 is 45.1. The van der Waals surface area contributed by atoms with Gasteiger partial charge in [0.15, 0.2) is 17.5 Å². The molecule has 0 heterocycles. The van der Waals surface area contributed by atoms with E-state index < -0.39 is 17.5 Å². The van der Waals surface area contributed by atoms with E-state index in [1.165, 1.54) is 18.4 Å². The average Bonchev–Trinajstić information content (AvgIpc) is 2.72. The lowest BCUT2D eigenvalue weighted by Crippen LogP contribution is -2.11. The summed E-state index contributed by atoms with van der Waals surface area (Å²) in [5.41, 5.74) is 2.30. The predicted octanol–water partition coefficient (Wildman–Crippen LogP) is 7.03. The third-order valence-corrected chi connectivity index (χ3v) is 5.60. The van der Waals surface area contributed by atoms with Gasteiger partial charge in [0.2, 0.25) is 0 Å². The molecular formula is C24H27F3O. The summed E-state index contributed by atoms with van der Waals surface area (Å²) >= 11 is 0. The van der Waals surface area contributed by atoms with Gasteiger partial charge in [-0.25, -0.2) is 13.2 Å². The number of hydrogen-bond donors (Lipinski definition) is 0. The van der Waals surface area contributed by atoms with Gasteiger partial charge in [0.05, 0.1) is 0 Å². The number of hydrogen-bond acceptors (Lipinski definition) is 1. The molecule has 0 radical (unpaired) electrons. The van der Waals surface area contributed by atoms with Crippen molar-refractivity contribution in [2.45, 2.75) is 44.4 Å². The molecule has 1 aliphatic carbocycles. The highest BCUT2D eigenvalue weighted by molar-refractivity contribution is 5.64. The van der Waals surface area contributed by atoms with Gasteiger partial charge in [-0.1, -0.05) is 36.4 Å². The molecule has 0 aromatic heterocycles. The van der Waals surface area contributed by atoms with Crippen LogP contribution in [0.1, 0.15) is 50.0 Å². The molecule has 4 heteroatoms. The number of halogens is 3. The molecule has 0 amide bonds. The minimum absolute atomic E-state index is 0.352. The molecule has 1 aliphatic rings. The topological polar surface area (TPSA) is 9.23 Å². The molecule has 1 fully saturated rings. The molecule has 0 atom stereocenters. The van der Waals surface area contributed by atoms with Gasteiger partial charge in [-0.2, -0.15) is 0 Å². The molecule has 3 rings (SSSR count). The molecule has 150 valence electrons. The van der Waals surface area contributed by atoms with Gasteiger partial charge in [-0.3, -0.25) is 0 Å². The van der Waals surface area contributed by atoms with Gasteiger partial charge in [0.1, 0.15) is 0 Å². The van der Waals surface area contributed by atoms with Gasteiger partial charge in [-0.15, -0.1) is 0 Å². The van der Waals surface area contributed by atoms with Crippen LogP contribution in [0.4, 0.5) is 13.2 Å². The van der Waals surface area contributed by atoms with Crippen LogP contribution in [-0.4, -0.2) is 13.7 Å². The van der Waals surface area contributed by atoms with Crippen LogP contribution < -0.4 is 0 Å². The first-order valence-electron chi connectivity index (χ1n) is 9.99. The van der Waals surface area contributed by atoms with Crippen molar-refractivity contribution in [2.75, 3.05) is 13.7 Å². The van der Waals surface area contributed by atoms with Crippen molar-refractivity contribution in [3.05, 3.63) is 71.6 Å². The maximum absolute atomic E-state index is 13.5. The van der Waals surface area contributed by atoms with Crippen LogP contribution in [0, 0.1) is 23.4 Å². The van der Waals surface area contributed by atoms with Crippen LogP contribution >= 0.6 is 0 Å². The molecule has 1 nitrogen and oxygen atoms in total. The third kappa shape index (κ3) is 5.26. The van der Waals surface area contributed by atoms with Crippen LogP contribution in [0.2, 0.25) is 0 Å². The summed E-state index contributed by atoms with van der Waals surface area (Å²) in [4.78, 5) is 0. The number of methoxy groups -OCH3 is 1. The van der Waals surface area contributed by atoms with Crippen molar-refractivity contribution in [1.29, 1.82) is 0 Å². The zero-order chi connectivity index (χ0) is 19.9. The zero-order valence-corrected chi connectivity index (χ0v) is 16.3. The first-order valence-corrected chi connectivity index (χ1v) is 9.99. The van der Waals surface area contributed by atoms with Gasteiger partial charge in [0.25, 0.3) is 0 Å². The summed E-state index contributed by atoms with van der Waals surface area (Å²) in [5.74, 6) is -2.57. The number of rotatable bonds is 7. The summed E-state index contributed by atoms with van der Waals surface area (Å²) in [6.45, 7) is 0.810. The van der Waals surface area contributed by atoms with E-state index >= 15 is 0 Å². The fourth-order valence-corrected chi connectivity index (χ4v) is 3.95. The first-order chi connectivity index (χ1) is 13.6. The lowest BCUT2D eigenvalue weighted by atomic mass is 9.78. The molecule has 0 saturated heterocycles. The van der Waals surface area contributed by atoms with E-state index in [1.807, 2.05) is 24.3 Å². The first kappa shape index (κ1) is 20.7. The van der Waals surface area contributed by atoms with E-state index in [0.717, 1.165) is 44.4 Å². The predicted molar refractivity (Wildman–Crippen MR) is 107 cm³/mol. The van der Waals surface area contributed by atoms with Crippen LogP contribution in [0.5, 0.6) is 0 Å². The van der Waals surface area contributed by atoms with Crippen molar-refractivity contribution >= 4 is 0 Å².